The molecule has 0 atom stereocenters. The molecule has 1 aromatic rings. The molecule has 0 aromatic carbocycles. The Balaban J connectivity index is 2.04. The van der Waals surface area contributed by atoms with Crippen LogP contribution in [-0.2, 0) is 19.6 Å². The maximum absolute atomic E-state index is 11.9. The Bertz CT molecular complexity index is 296. The van der Waals surface area contributed by atoms with Crippen molar-refractivity contribution in [3.05, 3.63) is 17.5 Å². The normalized spacial score (nSPS) is 15.3. The molecule has 0 radical (unpaired) electrons. The van der Waals surface area contributed by atoms with Crippen molar-refractivity contribution < 1.29 is 8.78 Å². The predicted octanol–water partition coefficient (Wildman–Crippen LogP) is 1.14. The quantitative estimate of drug-likeness (QED) is 0.769. The van der Waals surface area contributed by atoms with Gasteiger partial charge in [0.1, 0.15) is 0 Å². The summed E-state index contributed by atoms with van der Waals surface area (Å²) in [5, 5.41) is 7.20. The molecule has 13 heavy (non-hydrogen) atoms. The van der Waals surface area contributed by atoms with Crippen LogP contribution in [-0.4, -0.2) is 16.2 Å². The van der Waals surface area contributed by atoms with E-state index in [4.69, 9.17) is 0 Å². The lowest BCUT2D eigenvalue weighted by Gasteiger charge is -2.04. The summed E-state index contributed by atoms with van der Waals surface area (Å²) in [5.41, 5.74) is 2.19. The molecule has 1 N–H and O–H groups in total. The van der Waals surface area contributed by atoms with Crippen molar-refractivity contribution in [1.29, 1.82) is 0 Å². The standard InChI is InChI=1S/C8H11F2N3/c9-8(10)1-2-13-7-5-11-3-6(7)4-12-13/h4,8,11H,1-3,5H2. The lowest BCUT2D eigenvalue weighted by Crippen LogP contribution is -2.10. The SMILES string of the molecule is FC(F)CCn1ncc2c1CNC2. The van der Waals surface area contributed by atoms with E-state index in [9.17, 15) is 8.78 Å². The van der Waals surface area contributed by atoms with Gasteiger partial charge in [0.15, 0.2) is 0 Å². The molecule has 0 saturated carbocycles. The van der Waals surface area contributed by atoms with E-state index in [1.807, 2.05) is 0 Å². The van der Waals surface area contributed by atoms with Crippen molar-refractivity contribution in [3.63, 3.8) is 0 Å². The Hall–Kier alpha value is -0.970. The molecule has 1 aromatic heterocycles. The number of fused-ring (bicyclic) bond motifs is 1. The van der Waals surface area contributed by atoms with Crippen LogP contribution in [0, 0.1) is 0 Å². The highest BCUT2D eigenvalue weighted by molar-refractivity contribution is 5.21. The first-order valence-electron chi connectivity index (χ1n) is 4.30. The molecule has 0 aliphatic carbocycles. The van der Waals surface area contributed by atoms with Crippen molar-refractivity contribution in [2.24, 2.45) is 0 Å². The number of hydrogen-bond acceptors (Lipinski definition) is 2. The zero-order chi connectivity index (χ0) is 9.26. The molecular formula is C8H11F2N3. The minimum Gasteiger partial charge on any atom is -0.307 e. The average molecular weight is 187 g/mol. The van der Waals surface area contributed by atoms with Gasteiger partial charge in [0.05, 0.1) is 11.9 Å². The van der Waals surface area contributed by atoms with E-state index in [0.717, 1.165) is 24.3 Å². The molecule has 0 saturated heterocycles. The molecule has 0 fully saturated rings. The summed E-state index contributed by atoms with van der Waals surface area (Å²) in [6.45, 7) is 1.87. The summed E-state index contributed by atoms with van der Waals surface area (Å²) in [4.78, 5) is 0. The summed E-state index contributed by atoms with van der Waals surface area (Å²) in [6.07, 6.45) is -0.608. The van der Waals surface area contributed by atoms with Gasteiger partial charge in [-0.3, -0.25) is 4.68 Å². The van der Waals surface area contributed by atoms with Crippen molar-refractivity contribution in [3.8, 4) is 0 Å². The maximum atomic E-state index is 11.9. The van der Waals surface area contributed by atoms with E-state index >= 15 is 0 Å². The van der Waals surface area contributed by atoms with Gasteiger partial charge < -0.3 is 5.32 Å². The van der Waals surface area contributed by atoms with Crippen molar-refractivity contribution >= 4 is 0 Å². The van der Waals surface area contributed by atoms with Crippen LogP contribution in [0.25, 0.3) is 0 Å². The molecule has 0 unspecified atom stereocenters. The largest absolute Gasteiger partial charge is 0.307 e. The zero-order valence-corrected chi connectivity index (χ0v) is 7.13. The van der Waals surface area contributed by atoms with Crippen molar-refractivity contribution in [2.45, 2.75) is 32.5 Å². The minimum atomic E-state index is -2.24. The highest BCUT2D eigenvalue weighted by atomic mass is 19.3. The van der Waals surface area contributed by atoms with E-state index in [0.29, 0.717) is 6.54 Å². The number of rotatable bonds is 3. The summed E-state index contributed by atoms with van der Waals surface area (Å²) >= 11 is 0. The fourth-order valence-corrected chi connectivity index (χ4v) is 1.53. The van der Waals surface area contributed by atoms with Crippen LogP contribution in [0.4, 0.5) is 8.78 Å². The smallest absolute Gasteiger partial charge is 0.240 e. The monoisotopic (exact) mass is 187 g/mol. The van der Waals surface area contributed by atoms with Crippen molar-refractivity contribution in [1.82, 2.24) is 15.1 Å². The molecule has 72 valence electrons. The van der Waals surface area contributed by atoms with E-state index in [1.54, 1.807) is 10.9 Å². The fraction of sp³-hybridized carbons (Fsp3) is 0.625. The third-order valence-electron chi connectivity index (χ3n) is 2.20. The number of nitrogens with zero attached hydrogens (tertiary/aromatic N) is 2. The second kappa shape index (κ2) is 3.41. The number of aromatic nitrogens is 2. The molecule has 1 aliphatic rings. The number of halogens is 2. The second-order valence-electron chi connectivity index (χ2n) is 3.12. The first kappa shape index (κ1) is 8.62. The fourth-order valence-electron chi connectivity index (χ4n) is 1.53. The van der Waals surface area contributed by atoms with Crippen LogP contribution in [0.1, 0.15) is 17.7 Å². The van der Waals surface area contributed by atoms with Gasteiger partial charge >= 0.3 is 0 Å². The summed E-state index contributed by atoms with van der Waals surface area (Å²) in [6, 6.07) is 0. The molecular weight excluding hydrogens is 176 g/mol. The van der Waals surface area contributed by atoms with Gasteiger partial charge in [-0.1, -0.05) is 0 Å². The van der Waals surface area contributed by atoms with E-state index in [1.165, 1.54) is 0 Å². The van der Waals surface area contributed by atoms with Crippen LogP contribution >= 0.6 is 0 Å². The highest BCUT2D eigenvalue weighted by Gasteiger charge is 2.16. The maximum Gasteiger partial charge on any atom is 0.240 e. The molecule has 0 amide bonds. The summed E-state index contributed by atoms with van der Waals surface area (Å²) in [7, 11) is 0. The molecule has 0 bridgehead atoms. The Labute approximate surface area is 74.7 Å². The van der Waals surface area contributed by atoms with Crippen LogP contribution in [0.2, 0.25) is 0 Å². The summed E-state index contributed by atoms with van der Waals surface area (Å²) in [5.74, 6) is 0. The van der Waals surface area contributed by atoms with Crippen molar-refractivity contribution in [2.75, 3.05) is 0 Å². The van der Waals surface area contributed by atoms with E-state index in [-0.39, 0.29) is 6.42 Å². The Morgan fingerprint density at radius 1 is 1.54 bits per heavy atom. The number of aryl methyl sites for hydroxylation is 1. The van der Waals surface area contributed by atoms with Gasteiger partial charge in [0.25, 0.3) is 0 Å². The van der Waals surface area contributed by atoms with Crippen LogP contribution in [0.3, 0.4) is 0 Å². The van der Waals surface area contributed by atoms with E-state index in [2.05, 4.69) is 10.4 Å². The first-order valence-corrected chi connectivity index (χ1v) is 4.30. The first-order chi connectivity index (χ1) is 6.27. The van der Waals surface area contributed by atoms with E-state index < -0.39 is 6.43 Å². The molecule has 0 spiro atoms. The predicted molar refractivity (Wildman–Crippen MR) is 43.4 cm³/mol. The number of hydrogen-bond donors (Lipinski definition) is 1. The van der Waals surface area contributed by atoms with Gasteiger partial charge in [0.2, 0.25) is 6.43 Å². The zero-order valence-electron chi connectivity index (χ0n) is 7.13. The van der Waals surface area contributed by atoms with Gasteiger partial charge in [-0.05, 0) is 0 Å². The van der Waals surface area contributed by atoms with Gasteiger partial charge in [-0.2, -0.15) is 5.10 Å². The molecule has 3 nitrogen and oxygen atoms in total. The Morgan fingerprint density at radius 2 is 2.38 bits per heavy atom. The Kier molecular flexibility index (Phi) is 2.26. The Morgan fingerprint density at radius 3 is 3.15 bits per heavy atom. The van der Waals surface area contributed by atoms with Gasteiger partial charge in [-0.15, -0.1) is 0 Å². The molecule has 1 aliphatic heterocycles. The lowest BCUT2D eigenvalue weighted by molar-refractivity contribution is 0.129. The molecule has 5 heteroatoms. The molecule has 2 rings (SSSR count). The van der Waals surface area contributed by atoms with Crippen LogP contribution < -0.4 is 5.32 Å². The highest BCUT2D eigenvalue weighted by Crippen LogP contribution is 2.15. The number of nitrogens with one attached hydrogen (secondary N) is 1. The number of alkyl halides is 2. The third kappa shape index (κ3) is 1.70. The average Bonchev–Trinajstić information content (AvgIpc) is 2.60. The lowest BCUT2D eigenvalue weighted by atomic mass is 10.3. The topological polar surface area (TPSA) is 29.9 Å². The molecule has 2 heterocycles. The minimum absolute atomic E-state index is 0.117. The third-order valence-corrected chi connectivity index (χ3v) is 2.20. The van der Waals surface area contributed by atoms with Gasteiger partial charge in [-0.25, -0.2) is 8.78 Å². The van der Waals surface area contributed by atoms with Gasteiger partial charge in [0, 0.05) is 31.6 Å². The van der Waals surface area contributed by atoms with Crippen LogP contribution in [0.5, 0.6) is 0 Å². The second-order valence-corrected chi connectivity index (χ2v) is 3.12. The van der Waals surface area contributed by atoms with Crippen LogP contribution in [0.15, 0.2) is 6.20 Å². The summed E-state index contributed by atoms with van der Waals surface area (Å²) < 4.78 is 25.5.